The predicted octanol–water partition coefficient (Wildman–Crippen LogP) is 1.83. The number of aliphatic carboxylic acids is 1. The van der Waals surface area contributed by atoms with Gasteiger partial charge in [0, 0.05) is 15.6 Å². The molecule has 130 valence electrons. The standard InChI is InChI=1S/C18H17IN2O4/c19-14-9-5-4-8-13(14)10-15(18(24)25)21-16(22)11-20-17(23)12-6-2-1-3-7-12/h1-9,15H,10-11H2,(H,20,23)(H,21,22)(H,24,25)/t15-/m0/s1. The average molecular weight is 452 g/mol. The van der Waals surface area contributed by atoms with Crippen molar-refractivity contribution in [1.82, 2.24) is 10.6 Å². The SMILES string of the molecule is O=C(CNC(=O)c1ccccc1)N[C@@H](Cc1ccccc1I)C(=O)O. The molecule has 0 saturated heterocycles. The van der Waals surface area contributed by atoms with Crippen molar-refractivity contribution >= 4 is 40.4 Å². The first kappa shape index (κ1) is 18.9. The molecule has 0 aliphatic rings. The highest BCUT2D eigenvalue weighted by Gasteiger charge is 2.21. The van der Waals surface area contributed by atoms with Crippen molar-refractivity contribution in [2.45, 2.75) is 12.5 Å². The van der Waals surface area contributed by atoms with E-state index in [1.165, 1.54) is 0 Å². The Hall–Kier alpha value is -2.42. The van der Waals surface area contributed by atoms with Crippen LogP contribution in [0.1, 0.15) is 15.9 Å². The molecule has 2 rings (SSSR count). The molecule has 2 aromatic rings. The number of hydrogen-bond donors (Lipinski definition) is 3. The quantitative estimate of drug-likeness (QED) is 0.559. The number of carbonyl (C=O) groups excluding carboxylic acids is 2. The van der Waals surface area contributed by atoms with Gasteiger partial charge in [-0.25, -0.2) is 4.79 Å². The molecule has 0 fully saturated rings. The van der Waals surface area contributed by atoms with E-state index in [4.69, 9.17) is 0 Å². The minimum Gasteiger partial charge on any atom is -0.480 e. The van der Waals surface area contributed by atoms with Crippen LogP contribution in [-0.4, -0.2) is 35.5 Å². The summed E-state index contributed by atoms with van der Waals surface area (Å²) in [6.45, 7) is -0.288. The normalized spacial score (nSPS) is 11.4. The van der Waals surface area contributed by atoms with E-state index in [0.717, 1.165) is 9.13 Å². The maximum Gasteiger partial charge on any atom is 0.326 e. The van der Waals surface area contributed by atoms with Crippen LogP contribution >= 0.6 is 22.6 Å². The van der Waals surface area contributed by atoms with E-state index in [0.29, 0.717) is 5.56 Å². The number of nitrogens with one attached hydrogen (secondary N) is 2. The van der Waals surface area contributed by atoms with Crippen molar-refractivity contribution < 1.29 is 19.5 Å². The van der Waals surface area contributed by atoms with Gasteiger partial charge in [0.2, 0.25) is 5.91 Å². The fourth-order valence-corrected chi connectivity index (χ4v) is 2.79. The molecule has 0 aliphatic heterocycles. The molecule has 25 heavy (non-hydrogen) atoms. The number of hydrogen-bond acceptors (Lipinski definition) is 3. The zero-order chi connectivity index (χ0) is 18.2. The first-order valence-corrected chi connectivity index (χ1v) is 8.64. The van der Waals surface area contributed by atoms with Gasteiger partial charge in [0.05, 0.1) is 6.54 Å². The van der Waals surface area contributed by atoms with Gasteiger partial charge in [-0.05, 0) is 46.4 Å². The van der Waals surface area contributed by atoms with Gasteiger partial charge in [-0.2, -0.15) is 0 Å². The van der Waals surface area contributed by atoms with Gasteiger partial charge in [-0.3, -0.25) is 9.59 Å². The van der Waals surface area contributed by atoms with Gasteiger partial charge in [-0.1, -0.05) is 36.4 Å². The number of amides is 2. The van der Waals surface area contributed by atoms with E-state index in [1.54, 1.807) is 30.3 Å². The van der Waals surface area contributed by atoms with Crippen LogP contribution < -0.4 is 10.6 Å². The Bertz CT molecular complexity index is 765. The zero-order valence-electron chi connectivity index (χ0n) is 13.2. The van der Waals surface area contributed by atoms with Crippen LogP contribution in [0.5, 0.6) is 0 Å². The fraction of sp³-hybridized carbons (Fsp3) is 0.167. The molecule has 2 amide bonds. The Morgan fingerprint density at radius 1 is 1.00 bits per heavy atom. The average Bonchev–Trinajstić information content (AvgIpc) is 2.61. The number of halogens is 1. The smallest absolute Gasteiger partial charge is 0.326 e. The highest BCUT2D eigenvalue weighted by atomic mass is 127. The first-order valence-electron chi connectivity index (χ1n) is 7.56. The second-order valence-corrected chi connectivity index (χ2v) is 6.46. The van der Waals surface area contributed by atoms with E-state index < -0.39 is 17.9 Å². The highest BCUT2D eigenvalue weighted by molar-refractivity contribution is 14.1. The molecule has 6 nitrogen and oxygen atoms in total. The number of carboxylic acids is 1. The van der Waals surface area contributed by atoms with Gasteiger partial charge < -0.3 is 15.7 Å². The lowest BCUT2D eigenvalue weighted by Gasteiger charge is -2.16. The largest absolute Gasteiger partial charge is 0.480 e. The molecule has 0 spiro atoms. The van der Waals surface area contributed by atoms with Crippen LogP contribution in [0.2, 0.25) is 0 Å². The minimum atomic E-state index is -1.12. The summed E-state index contributed by atoms with van der Waals surface area (Å²) < 4.78 is 0.929. The number of carbonyl (C=O) groups is 3. The Labute approximate surface area is 158 Å². The van der Waals surface area contributed by atoms with Crippen LogP contribution in [0, 0.1) is 3.57 Å². The van der Waals surface area contributed by atoms with Crippen molar-refractivity contribution in [2.75, 3.05) is 6.54 Å². The van der Waals surface area contributed by atoms with E-state index >= 15 is 0 Å². The van der Waals surface area contributed by atoms with Gasteiger partial charge in [0.15, 0.2) is 0 Å². The minimum absolute atomic E-state index is 0.173. The summed E-state index contributed by atoms with van der Waals surface area (Å²) in [5.41, 5.74) is 1.27. The van der Waals surface area contributed by atoms with Crippen molar-refractivity contribution in [2.24, 2.45) is 0 Å². The first-order chi connectivity index (χ1) is 12.0. The van der Waals surface area contributed by atoms with Crippen molar-refractivity contribution in [3.05, 3.63) is 69.3 Å². The van der Waals surface area contributed by atoms with Crippen molar-refractivity contribution in [1.29, 1.82) is 0 Å². The Kier molecular flexibility index (Phi) is 6.93. The third-order valence-corrected chi connectivity index (χ3v) is 4.51. The molecule has 1 atom stereocenters. The molecule has 0 radical (unpaired) electrons. The van der Waals surface area contributed by atoms with Gasteiger partial charge >= 0.3 is 5.97 Å². The van der Waals surface area contributed by atoms with Gasteiger partial charge in [-0.15, -0.1) is 0 Å². The molecular formula is C18H17IN2O4. The zero-order valence-corrected chi connectivity index (χ0v) is 15.4. The molecule has 3 N–H and O–H groups in total. The monoisotopic (exact) mass is 452 g/mol. The van der Waals surface area contributed by atoms with Crippen LogP contribution in [0.4, 0.5) is 0 Å². The summed E-state index contributed by atoms with van der Waals surface area (Å²) in [6.07, 6.45) is 0.173. The maximum atomic E-state index is 12.0. The summed E-state index contributed by atoms with van der Waals surface area (Å²) in [5.74, 6) is -2.06. The molecule has 7 heteroatoms. The Morgan fingerprint density at radius 2 is 1.64 bits per heavy atom. The maximum absolute atomic E-state index is 12.0. The second-order valence-electron chi connectivity index (χ2n) is 5.30. The highest BCUT2D eigenvalue weighted by Crippen LogP contribution is 2.13. The summed E-state index contributed by atoms with van der Waals surface area (Å²) in [6, 6.07) is 14.8. The predicted molar refractivity (Wildman–Crippen MR) is 101 cm³/mol. The molecule has 0 unspecified atom stereocenters. The van der Waals surface area contributed by atoms with Crippen LogP contribution in [-0.2, 0) is 16.0 Å². The number of rotatable bonds is 7. The Morgan fingerprint density at radius 3 is 2.28 bits per heavy atom. The summed E-state index contributed by atoms with van der Waals surface area (Å²) >= 11 is 2.12. The number of carboxylic acid groups (broad SMARTS) is 1. The fourth-order valence-electron chi connectivity index (χ4n) is 2.18. The lowest BCUT2D eigenvalue weighted by atomic mass is 10.1. The van der Waals surface area contributed by atoms with E-state index in [1.807, 2.05) is 24.3 Å². The van der Waals surface area contributed by atoms with Crippen molar-refractivity contribution in [3.63, 3.8) is 0 Å². The lowest BCUT2D eigenvalue weighted by molar-refractivity contribution is -0.141. The van der Waals surface area contributed by atoms with Crippen molar-refractivity contribution in [3.8, 4) is 0 Å². The third kappa shape index (κ3) is 5.86. The molecule has 2 aromatic carbocycles. The molecular weight excluding hydrogens is 435 g/mol. The summed E-state index contributed by atoms with van der Waals surface area (Å²) in [4.78, 5) is 35.3. The lowest BCUT2D eigenvalue weighted by Crippen LogP contribution is -2.46. The van der Waals surface area contributed by atoms with E-state index in [-0.39, 0.29) is 18.9 Å². The molecule has 0 bridgehead atoms. The van der Waals surface area contributed by atoms with Crippen LogP contribution in [0.25, 0.3) is 0 Å². The summed E-state index contributed by atoms with van der Waals surface area (Å²) in [7, 11) is 0. The molecule has 0 heterocycles. The van der Waals surface area contributed by atoms with Gasteiger partial charge in [0.25, 0.3) is 5.91 Å². The molecule has 0 aliphatic carbocycles. The third-order valence-electron chi connectivity index (χ3n) is 3.46. The second kappa shape index (κ2) is 9.16. The van der Waals surface area contributed by atoms with E-state index in [9.17, 15) is 19.5 Å². The number of benzene rings is 2. The van der Waals surface area contributed by atoms with E-state index in [2.05, 4.69) is 33.2 Å². The topological polar surface area (TPSA) is 95.5 Å². The van der Waals surface area contributed by atoms with Crippen LogP contribution in [0.15, 0.2) is 54.6 Å². The summed E-state index contributed by atoms with van der Waals surface area (Å²) in [5, 5.41) is 14.2. The molecule has 0 saturated carbocycles. The van der Waals surface area contributed by atoms with Crippen LogP contribution in [0.3, 0.4) is 0 Å². The van der Waals surface area contributed by atoms with Gasteiger partial charge in [0.1, 0.15) is 6.04 Å². The Balaban J connectivity index is 1.91. The molecule has 0 aromatic heterocycles.